The summed E-state index contributed by atoms with van der Waals surface area (Å²) in [4.78, 5) is 4.66. The summed E-state index contributed by atoms with van der Waals surface area (Å²) in [6.45, 7) is 4.35. The quantitative estimate of drug-likeness (QED) is 0.869. The van der Waals surface area contributed by atoms with Crippen LogP contribution in [-0.2, 0) is 5.54 Å². The van der Waals surface area contributed by atoms with E-state index < -0.39 is 0 Å². The van der Waals surface area contributed by atoms with Crippen LogP contribution in [0.1, 0.15) is 56.2 Å². The molecule has 1 heterocycles. The average Bonchev–Trinajstić information content (AvgIpc) is 2.71. The van der Waals surface area contributed by atoms with Gasteiger partial charge < -0.3 is 5.73 Å². The number of nitrogens with zero attached hydrogens (tertiary/aromatic N) is 1. The van der Waals surface area contributed by atoms with E-state index in [1.165, 1.54) is 18.5 Å². The molecule has 0 radical (unpaired) electrons. The molecule has 1 aromatic rings. The Morgan fingerprint density at radius 3 is 2.47 bits per heavy atom. The van der Waals surface area contributed by atoms with Crippen molar-refractivity contribution in [3.8, 4) is 0 Å². The SMILES string of the molecule is CC(C)c1csc(C2(N)CCCC2)n1.Cl. The summed E-state index contributed by atoms with van der Waals surface area (Å²) in [5.41, 5.74) is 7.44. The molecule has 1 saturated carbocycles. The fourth-order valence-electron chi connectivity index (χ4n) is 2.00. The maximum atomic E-state index is 6.34. The van der Waals surface area contributed by atoms with Crippen LogP contribution in [0, 0.1) is 0 Å². The maximum absolute atomic E-state index is 6.34. The summed E-state index contributed by atoms with van der Waals surface area (Å²) in [7, 11) is 0. The third kappa shape index (κ3) is 2.52. The van der Waals surface area contributed by atoms with Gasteiger partial charge in [0.2, 0.25) is 0 Å². The molecule has 0 atom stereocenters. The van der Waals surface area contributed by atoms with E-state index in [-0.39, 0.29) is 17.9 Å². The largest absolute Gasteiger partial charge is 0.319 e. The molecule has 0 aromatic carbocycles. The molecular formula is C11H19ClN2S. The molecule has 0 saturated heterocycles. The molecule has 15 heavy (non-hydrogen) atoms. The Morgan fingerprint density at radius 1 is 1.40 bits per heavy atom. The normalized spacial score (nSPS) is 19.2. The van der Waals surface area contributed by atoms with Crippen LogP contribution < -0.4 is 5.73 Å². The minimum Gasteiger partial charge on any atom is -0.319 e. The van der Waals surface area contributed by atoms with Crippen LogP contribution >= 0.6 is 23.7 Å². The van der Waals surface area contributed by atoms with Crippen molar-refractivity contribution in [1.29, 1.82) is 0 Å². The molecule has 0 aliphatic heterocycles. The summed E-state index contributed by atoms with van der Waals surface area (Å²) in [6, 6.07) is 0. The lowest BCUT2D eigenvalue weighted by Crippen LogP contribution is -2.32. The third-order valence-electron chi connectivity index (χ3n) is 3.04. The van der Waals surface area contributed by atoms with Crippen LogP contribution in [-0.4, -0.2) is 4.98 Å². The second kappa shape index (κ2) is 4.81. The third-order valence-corrected chi connectivity index (χ3v) is 4.12. The van der Waals surface area contributed by atoms with E-state index in [2.05, 4.69) is 24.2 Å². The highest BCUT2D eigenvalue weighted by molar-refractivity contribution is 7.09. The van der Waals surface area contributed by atoms with Crippen molar-refractivity contribution in [2.45, 2.75) is 51.0 Å². The van der Waals surface area contributed by atoms with Crippen LogP contribution in [0.25, 0.3) is 0 Å². The Balaban J connectivity index is 0.00000112. The van der Waals surface area contributed by atoms with Gasteiger partial charge in [0.15, 0.2) is 0 Å². The van der Waals surface area contributed by atoms with Crippen LogP contribution in [0.15, 0.2) is 5.38 Å². The minimum absolute atomic E-state index is 0. The van der Waals surface area contributed by atoms with E-state index in [0.29, 0.717) is 5.92 Å². The summed E-state index contributed by atoms with van der Waals surface area (Å²) in [5.74, 6) is 0.519. The highest BCUT2D eigenvalue weighted by Gasteiger charge is 2.34. The molecule has 0 unspecified atom stereocenters. The molecule has 1 aromatic heterocycles. The van der Waals surface area contributed by atoms with Gasteiger partial charge in [-0.25, -0.2) is 4.98 Å². The highest BCUT2D eigenvalue weighted by Crippen LogP contribution is 2.38. The zero-order valence-corrected chi connectivity index (χ0v) is 11.0. The van der Waals surface area contributed by atoms with E-state index in [9.17, 15) is 0 Å². The summed E-state index contributed by atoms with van der Waals surface area (Å²) >= 11 is 1.74. The van der Waals surface area contributed by atoms with Crippen LogP contribution in [0.5, 0.6) is 0 Å². The topological polar surface area (TPSA) is 38.9 Å². The van der Waals surface area contributed by atoms with Crippen molar-refractivity contribution < 1.29 is 0 Å². The first-order valence-corrected chi connectivity index (χ1v) is 6.24. The zero-order chi connectivity index (χ0) is 10.2. The molecule has 1 aliphatic rings. The number of rotatable bonds is 2. The van der Waals surface area contributed by atoms with Gasteiger partial charge in [0.25, 0.3) is 0 Å². The summed E-state index contributed by atoms with van der Waals surface area (Å²) < 4.78 is 0. The molecule has 2 nitrogen and oxygen atoms in total. The fraction of sp³-hybridized carbons (Fsp3) is 0.727. The van der Waals surface area contributed by atoms with Gasteiger partial charge in [-0.05, 0) is 18.8 Å². The van der Waals surface area contributed by atoms with E-state index >= 15 is 0 Å². The predicted molar refractivity (Wildman–Crippen MR) is 67.8 cm³/mol. The van der Waals surface area contributed by atoms with Gasteiger partial charge >= 0.3 is 0 Å². The van der Waals surface area contributed by atoms with Crippen molar-refractivity contribution in [3.05, 3.63) is 16.1 Å². The molecular weight excluding hydrogens is 228 g/mol. The van der Waals surface area contributed by atoms with Gasteiger partial charge in [-0.1, -0.05) is 26.7 Å². The van der Waals surface area contributed by atoms with Gasteiger partial charge in [-0.15, -0.1) is 23.7 Å². The summed E-state index contributed by atoms with van der Waals surface area (Å²) in [6.07, 6.45) is 4.73. The predicted octanol–water partition coefficient (Wildman–Crippen LogP) is 3.42. The Kier molecular flexibility index (Phi) is 4.15. The minimum atomic E-state index is -0.0994. The monoisotopic (exact) mass is 246 g/mol. The van der Waals surface area contributed by atoms with Gasteiger partial charge in [-0.2, -0.15) is 0 Å². The van der Waals surface area contributed by atoms with Crippen LogP contribution in [0.3, 0.4) is 0 Å². The molecule has 4 heteroatoms. The lowest BCUT2D eigenvalue weighted by Gasteiger charge is -2.20. The highest BCUT2D eigenvalue weighted by atomic mass is 35.5. The van der Waals surface area contributed by atoms with Crippen molar-refractivity contribution >= 4 is 23.7 Å². The standard InChI is InChI=1S/C11H18N2S.ClH/c1-8(2)9-7-14-10(13-9)11(12)5-3-4-6-11;/h7-8H,3-6,12H2,1-2H3;1H. The first kappa shape index (κ1) is 12.9. The molecule has 86 valence electrons. The number of thiazole rings is 1. The van der Waals surface area contributed by atoms with Gasteiger partial charge in [0.1, 0.15) is 5.01 Å². The van der Waals surface area contributed by atoms with E-state index in [1.807, 2.05) is 0 Å². The van der Waals surface area contributed by atoms with Crippen LogP contribution in [0.4, 0.5) is 0 Å². The van der Waals surface area contributed by atoms with E-state index in [4.69, 9.17) is 5.73 Å². The number of hydrogen-bond acceptors (Lipinski definition) is 3. The molecule has 0 amide bonds. The number of hydrogen-bond donors (Lipinski definition) is 1. The van der Waals surface area contributed by atoms with Gasteiger partial charge in [-0.3, -0.25) is 0 Å². The molecule has 0 bridgehead atoms. The Hall–Kier alpha value is -0.120. The first-order valence-electron chi connectivity index (χ1n) is 5.36. The molecule has 2 rings (SSSR count). The Labute approximate surface area is 102 Å². The van der Waals surface area contributed by atoms with Gasteiger partial charge in [0.05, 0.1) is 11.2 Å². The van der Waals surface area contributed by atoms with Crippen molar-refractivity contribution in [3.63, 3.8) is 0 Å². The Morgan fingerprint density at radius 2 is 2.00 bits per heavy atom. The lowest BCUT2D eigenvalue weighted by molar-refractivity contribution is 0.457. The number of nitrogens with two attached hydrogens (primary N) is 1. The smallest absolute Gasteiger partial charge is 0.113 e. The second-order valence-corrected chi connectivity index (χ2v) is 5.45. The van der Waals surface area contributed by atoms with E-state index in [0.717, 1.165) is 17.8 Å². The second-order valence-electron chi connectivity index (χ2n) is 4.60. The van der Waals surface area contributed by atoms with E-state index in [1.54, 1.807) is 11.3 Å². The Bertz CT molecular complexity index is 316. The number of halogens is 1. The first-order chi connectivity index (χ1) is 6.62. The molecule has 2 N–H and O–H groups in total. The zero-order valence-electron chi connectivity index (χ0n) is 9.32. The fourth-order valence-corrected chi connectivity index (χ4v) is 3.15. The van der Waals surface area contributed by atoms with Gasteiger partial charge in [0, 0.05) is 5.38 Å². The molecule has 0 spiro atoms. The number of aromatic nitrogens is 1. The molecule has 1 fully saturated rings. The summed E-state index contributed by atoms with van der Waals surface area (Å²) in [5, 5.41) is 3.31. The van der Waals surface area contributed by atoms with Crippen LogP contribution in [0.2, 0.25) is 0 Å². The van der Waals surface area contributed by atoms with Crippen molar-refractivity contribution in [1.82, 2.24) is 4.98 Å². The average molecular weight is 247 g/mol. The molecule has 1 aliphatic carbocycles. The lowest BCUT2D eigenvalue weighted by atomic mass is 10.0. The van der Waals surface area contributed by atoms with Crippen molar-refractivity contribution in [2.24, 2.45) is 5.73 Å². The van der Waals surface area contributed by atoms with Crippen molar-refractivity contribution in [2.75, 3.05) is 0 Å². The maximum Gasteiger partial charge on any atom is 0.113 e.